The smallest absolute Gasteiger partial charge is 0.264 e. The van der Waals surface area contributed by atoms with Crippen LogP contribution in [-0.2, 0) is 26.2 Å². The quantitative estimate of drug-likeness (QED) is 0.356. The minimum absolute atomic E-state index is 0.0403. The number of methoxy groups -OCH3 is 1. The molecule has 9 heteroatoms. The van der Waals surface area contributed by atoms with Gasteiger partial charge in [-0.05, 0) is 69.5 Å². The second kappa shape index (κ2) is 13.0. The van der Waals surface area contributed by atoms with Crippen LogP contribution in [0, 0.1) is 6.92 Å². The Morgan fingerprint density at radius 3 is 2.10 bits per heavy atom. The lowest BCUT2D eigenvalue weighted by Crippen LogP contribution is -2.55. The molecule has 0 unspecified atom stereocenters. The number of anilines is 1. The Kier molecular flexibility index (Phi) is 9.98. The van der Waals surface area contributed by atoms with E-state index in [0.717, 1.165) is 15.4 Å². The standard InChI is InChI=1S/C31H39N3O5S/c1-7-26(30(36)32-31(3,4)5)33(21-24-14-10-8-11-15-24)29(35)22-34(27-20-23(2)18-19-28(27)39-6)40(37,38)25-16-12-9-13-17-25/h8-20,26H,7,21-22H2,1-6H3,(H,32,36)/t26-/m1/s1. The number of amides is 2. The lowest BCUT2D eigenvalue weighted by atomic mass is 10.1. The number of sulfonamides is 1. The third kappa shape index (κ3) is 7.63. The third-order valence-corrected chi connectivity index (χ3v) is 8.07. The van der Waals surface area contributed by atoms with Crippen molar-refractivity contribution in [1.82, 2.24) is 10.2 Å². The zero-order valence-corrected chi connectivity index (χ0v) is 24.9. The largest absolute Gasteiger partial charge is 0.495 e. The lowest BCUT2D eigenvalue weighted by molar-refractivity contribution is -0.141. The van der Waals surface area contributed by atoms with Gasteiger partial charge in [-0.1, -0.05) is 61.5 Å². The van der Waals surface area contributed by atoms with Crippen LogP contribution in [0.3, 0.4) is 0 Å². The molecule has 0 radical (unpaired) electrons. The van der Waals surface area contributed by atoms with E-state index in [1.807, 2.05) is 71.0 Å². The van der Waals surface area contributed by atoms with Crippen molar-refractivity contribution in [2.24, 2.45) is 0 Å². The number of nitrogens with zero attached hydrogens (tertiary/aromatic N) is 2. The Balaban J connectivity index is 2.12. The maximum absolute atomic E-state index is 14.2. The summed E-state index contributed by atoms with van der Waals surface area (Å²) in [6.07, 6.45) is 0.347. The SMILES string of the molecule is CC[C@H](C(=O)NC(C)(C)C)N(Cc1ccccc1)C(=O)CN(c1cc(C)ccc1OC)S(=O)(=O)c1ccccc1. The molecule has 214 valence electrons. The van der Waals surface area contributed by atoms with Crippen LogP contribution in [0.4, 0.5) is 5.69 Å². The van der Waals surface area contributed by atoms with Crippen LogP contribution in [0.1, 0.15) is 45.2 Å². The summed E-state index contributed by atoms with van der Waals surface area (Å²) < 4.78 is 34.6. The summed E-state index contributed by atoms with van der Waals surface area (Å²) >= 11 is 0. The van der Waals surface area contributed by atoms with Crippen LogP contribution in [0.25, 0.3) is 0 Å². The Hall–Kier alpha value is -3.85. The predicted molar refractivity (Wildman–Crippen MR) is 158 cm³/mol. The van der Waals surface area contributed by atoms with E-state index < -0.39 is 34.1 Å². The molecule has 0 aliphatic carbocycles. The molecule has 0 saturated carbocycles. The zero-order chi connectivity index (χ0) is 29.5. The monoisotopic (exact) mass is 565 g/mol. The number of nitrogens with one attached hydrogen (secondary N) is 1. The minimum atomic E-state index is -4.18. The first kappa shape index (κ1) is 30.7. The molecule has 0 aromatic heterocycles. The molecule has 1 N–H and O–H groups in total. The third-order valence-electron chi connectivity index (χ3n) is 6.29. The van der Waals surface area contributed by atoms with Crippen molar-refractivity contribution < 1.29 is 22.7 Å². The average molecular weight is 566 g/mol. The lowest BCUT2D eigenvalue weighted by Gasteiger charge is -2.35. The predicted octanol–water partition coefficient (Wildman–Crippen LogP) is 4.92. The highest BCUT2D eigenvalue weighted by Gasteiger charge is 2.35. The van der Waals surface area contributed by atoms with Crippen molar-refractivity contribution >= 4 is 27.5 Å². The van der Waals surface area contributed by atoms with Crippen LogP contribution < -0.4 is 14.4 Å². The maximum Gasteiger partial charge on any atom is 0.264 e. The molecule has 0 aliphatic rings. The Morgan fingerprint density at radius 2 is 1.55 bits per heavy atom. The topological polar surface area (TPSA) is 96.0 Å². The number of aryl methyl sites for hydroxylation is 1. The summed E-state index contributed by atoms with van der Waals surface area (Å²) in [5, 5.41) is 2.97. The Bertz CT molecular complexity index is 1400. The fourth-order valence-electron chi connectivity index (χ4n) is 4.38. The van der Waals surface area contributed by atoms with Gasteiger partial charge in [0.1, 0.15) is 18.3 Å². The summed E-state index contributed by atoms with van der Waals surface area (Å²) in [6, 6.07) is 21.6. The fourth-order valence-corrected chi connectivity index (χ4v) is 5.82. The first-order valence-electron chi connectivity index (χ1n) is 13.2. The molecule has 0 heterocycles. The first-order chi connectivity index (χ1) is 18.9. The van der Waals surface area contributed by atoms with Gasteiger partial charge in [0.25, 0.3) is 10.0 Å². The van der Waals surface area contributed by atoms with Crippen LogP contribution in [0.5, 0.6) is 5.75 Å². The molecule has 0 aliphatic heterocycles. The molecule has 0 bridgehead atoms. The van der Waals surface area contributed by atoms with Crippen molar-refractivity contribution in [2.75, 3.05) is 18.0 Å². The van der Waals surface area contributed by atoms with Crippen molar-refractivity contribution in [1.29, 1.82) is 0 Å². The van der Waals surface area contributed by atoms with E-state index in [-0.39, 0.29) is 23.0 Å². The molecule has 1 atom stereocenters. The number of hydrogen-bond acceptors (Lipinski definition) is 5. The molecule has 3 rings (SSSR count). The fraction of sp³-hybridized carbons (Fsp3) is 0.355. The van der Waals surface area contributed by atoms with Gasteiger partial charge in [0.2, 0.25) is 11.8 Å². The van der Waals surface area contributed by atoms with Gasteiger partial charge in [0.15, 0.2) is 0 Å². The van der Waals surface area contributed by atoms with Gasteiger partial charge >= 0.3 is 0 Å². The number of benzene rings is 3. The van der Waals surface area contributed by atoms with Crippen molar-refractivity contribution in [2.45, 2.75) is 64.1 Å². The zero-order valence-electron chi connectivity index (χ0n) is 24.0. The molecule has 2 amide bonds. The molecular weight excluding hydrogens is 526 g/mol. The maximum atomic E-state index is 14.2. The van der Waals surface area contributed by atoms with E-state index in [2.05, 4.69) is 5.32 Å². The molecular formula is C31H39N3O5S. The Labute approximate surface area is 238 Å². The van der Waals surface area contributed by atoms with E-state index in [0.29, 0.717) is 12.2 Å². The van der Waals surface area contributed by atoms with E-state index in [9.17, 15) is 18.0 Å². The van der Waals surface area contributed by atoms with Crippen LogP contribution >= 0.6 is 0 Å². The minimum Gasteiger partial charge on any atom is -0.495 e. The molecule has 8 nitrogen and oxygen atoms in total. The summed E-state index contributed by atoms with van der Waals surface area (Å²) in [5.74, 6) is -0.502. The molecule has 40 heavy (non-hydrogen) atoms. The molecule has 0 fully saturated rings. The van der Waals surface area contributed by atoms with E-state index in [1.54, 1.807) is 30.3 Å². The normalized spacial score (nSPS) is 12.3. The number of hydrogen-bond donors (Lipinski definition) is 1. The second-order valence-corrected chi connectivity index (χ2v) is 12.5. The summed E-state index contributed by atoms with van der Waals surface area (Å²) in [5.41, 5.74) is 1.35. The van der Waals surface area contributed by atoms with Crippen molar-refractivity contribution in [3.8, 4) is 5.75 Å². The summed E-state index contributed by atoms with van der Waals surface area (Å²) in [4.78, 5) is 29.1. The van der Waals surface area contributed by atoms with Gasteiger partial charge in [0.05, 0.1) is 17.7 Å². The first-order valence-corrected chi connectivity index (χ1v) is 14.7. The van der Waals surface area contributed by atoms with E-state index in [1.165, 1.54) is 24.1 Å². The highest BCUT2D eigenvalue weighted by Crippen LogP contribution is 2.33. The highest BCUT2D eigenvalue weighted by molar-refractivity contribution is 7.92. The number of ether oxygens (including phenoxy) is 1. The van der Waals surface area contributed by atoms with Gasteiger partial charge in [-0.15, -0.1) is 0 Å². The summed E-state index contributed by atoms with van der Waals surface area (Å²) in [7, 11) is -2.73. The Morgan fingerprint density at radius 1 is 0.950 bits per heavy atom. The van der Waals surface area contributed by atoms with Gasteiger partial charge < -0.3 is 15.0 Å². The van der Waals surface area contributed by atoms with Gasteiger partial charge in [0, 0.05) is 12.1 Å². The number of rotatable bonds is 11. The number of carbonyl (C=O) groups is 2. The van der Waals surface area contributed by atoms with Crippen LogP contribution in [0.2, 0.25) is 0 Å². The average Bonchev–Trinajstić information content (AvgIpc) is 2.91. The van der Waals surface area contributed by atoms with Gasteiger partial charge in [-0.2, -0.15) is 0 Å². The highest BCUT2D eigenvalue weighted by atomic mass is 32.2. The summed E-state index contributed by atoms with van der Waals surface area (Å²) in [6.45, 7) is 8.91. The van der Waals surface area contributed by atoms with Gasteiger partial charge in [-0.3, -0.25) is 13.9 Å². The van der Waals surface area contributed by atoms with E-state index in [4.69, 9.17) is 4.74 Å². The molecule has 3 aromatic rings. The van der Waals surface area contributed by atoms with Crippen molar-refractivity contribution in [3.05, 3.63) is 90.0 Å². The van der Waals surface area contributed by atoms with Crippen LogP contribution in [-0.4, -0.2) is 50.4 Å². The van der Waals surface area contributed by atoms with E-state index >= 15 is 0 Å². The molecule has 3 aromatic carbocycles. The van der Waals surface area contributed by atoms with Crippen LogP contribution in [0.15, 0.2) is 83.8 Å². The van der Waals surface area contributed by atoms with Gasteiger partial charge in [-0.25, -0.2) is 8.42 Å². The molecule has 0 saturated heterocycles. The number of carbonyl (C=O) groups excluding carboxylic acids is 2. The second-order valence-electron chi connectivity index (χ2n) is 10.7. The van der Waals surface area contributed by atoms with Crippen molar-refractivity contribution in [3.63, 3.8) is 0 Å². The molecule has 0 spiro atoms.